The van der Waals surface area contributed by atoms with Crippen LogP contribution in [0.5, 0.6) is 0 Å². The van der Waals surface area contributed by atoms with Crippen molar-refractivity contribution < 1.29 is 9.59 Å². The Balaban J connectivity index is 1.58. The highest BCUT2D eigenvalue weighted by atomic mass is 16.2. The molecule has 0 radical (unpaired) electrons. The molecule has 150 valence electrons. The molecule has 6 heteroatoms. The third kappa shape index (κ3) is 3.76. The zero-order chi connectivity index (χ0) is 20.5. The van der Waals surface area contributed by atoms with Gasteiger partial charge in [0, 0.05) is 44.1 Å². The largest absolute Gasteiger partial charge is 0.346 e. The first kappa shape index (κ1) is 19.2. The van der Waals surface area contributed by atoms with Crippen LogP contribution in [0, 0.1) is 0 Å². The van der Waals surface area contributed by atoms with Crippen molar-refractivity contribution >= 4 is 28.4 Å². The van der Waals surface area contributed by atoms with Crippen LogP contribution in [0.1, 0.15) is 21.8 Å². The minimum absolute atomic E-state index is 0.0372. The molecular formula is C23H26N4O2. The molecule has 3 aromatic rings. The lowest BCUT2D eigenvalue weighted by Crippen LogP contribution is -2.41. The van der Waals surface area contributed by atoms with Gasteiger partial charge in [0.25, 0.3) is 5.91 Å². The van der Waals surface area contributed by atoms with E-state index >= 15 is 0 Å². The molecule has 0 spiro atoms. The van der Waals surface area contributed by atoms with Gasteiger partial charge in [-0.25, -0.2) is 0 Å². The molecule has 2 aromatic carbocycles. The predicted octanol–water partition coefficient (Wildman–Crippen LogP) is 3.01. The van der Waals surface area contributed by atoms with Gasteiger partial charge in [-0.15, -0.1) is 0 Å². The Morgan fingerprint density at radius 2 is 1.97 bits per heavy atom. The molecule has 0 saturated carbocycles. The average Bonchev–Trinajstić information content (AvgIpc) is 3.11. The fourth-order valence-electron chi connectivity index (χ4n) is 3.87. The van der Waals surface area contributed by atoms with Crippen molar-refractivity contribution in [3.63, 3.8) is 0 Å². The number of benzene rings is 2. The summed E-state index contributed by atoms with van der Waals surface area (Å²) in [7, 11) is 5.85. The van der Waals surface area contributed by atoms with Crippen LogP contribution < -0.4 is 5.32 Å². The van der Waals surface area contributed by atoms with Crippen LogP contribution in [0.2, 0.25) is 0 Å². The first-order valence-electron chi connectivity index (χ1n) is 9.83. The molecule has 6 nitrogen and oxygen atoms in total. The number of amides is 2. The Kier molecular flexibility index (Phi) is 5.11. The number of carbonyl (C=O) groups is 2. The fraction of sp³-hybridized carbons (Fsp3) is 0.304. The van der Waals surface area contributed by atoms with Crippen molar-refractivity contribution in [1.82, 2.24) is 14.4 Å². The molecule has 29 heavy (non-hydrogen) atoms. The summed E-state index contributed by atoms with van der Waals surface area (Å²) in [6.45, 7) is 2.21. The highest BCUT2D eigenvalue weighted by Gasteiger charge is 2.33. The number of carbonyl (C=O) groups excluding carboxylic acids is 2. The molecule has 1 atom stereocenters. The zero-order valence-corrected chi connectivity index (χ0v) is 17.1. The molecule has 0 saturated heterocycles. The van der Waals surface area contributed by atoms with Crippen molar-refractivity contribution in [2.75, 3.05) is 39.5 Å². The number of hydrogen-bond acceptors (Lipinski definition) is 3. The molecule has 1 aliphatic heterocycles. The van der Waals surface area contributed by atoms with Gasteiger partial charge in [-0.1, -0.05) is 24.3 Å². The highest BCUT2D eigenvalue weighted by Crippen LogP contribution is 2.29. The number of anilines is 1. The van der Waals surface area contributed by atoms with Crippen LogP contribution in [-0.2, 0) is 11.3 Å². The molecule has 0 aliphatic carbocycles. The van der Waals surface area contributed by atoms with Gasteiger partial charge in [-0.3, -0.25) is 9.59 Å². The summed E-state index contributed by atoms with van der Waals surface area (Å²) < 4.78 is 2.20. The number of fused-ring (bicyclic) bond motifs is 2. The number of rotatable bonds is 5. The van der Waals surface area contributed by atoms with E-state index in [2.05, 4.69) is 41.1 Å². The van der Waals surface area contributed by atoms with Crippen LogP contribution in [0.3, 0.4) is 0 Å². The van der Waals surface area contributed by atoms with Gasteiger partial charge in [0.2, 0.25) is 5.91 Å². The van der Waals surface area contributed by atoms with Crippen molar-refractivity contribution in [3.05, 3.63) is 65.9 Å². The second kappa shape index (κ2) is 7.72. The highest BCUT2D eigenvalue weighted by molar-refractivity contribution is 6.04. The SMILES string of the molecule is CN(C)CCn1ccc2ccc(NC(=O)C3CN(C)C(=O)c4ccccc43)cc21. The van der Waals surface area contributed by atoms with Gasteiger partial charge in [0.15, 0.2) is 0 Å². The Hall–Kier alpha value is -3.12. The van der Waals surface area contributed by atoms with Crippen LogP contribution in [0.4, 0.5) is 5.69 Å². The minimum atomic E-state index is -0.384. The van der Waals surface area contributed by atoms with Crippen LogP contribution in [0.25, 0.3) is 10.9 Å². The van der Waals surface area contributed by atoms with Gasteiger partial charge >= 0.3 is 0 Å². The Morgan fingerprint density at radius 3 is 2.76 bits per heavy atom. The van der Waals surface area contributed by atoms with E-state index in [0.29, 0.717) is 12.1 Å². The molecule has 0 bridgehead atoms. The third-order valence-electron chi connectivity index (χ3n) is 5.52. The Bertz CT molecular complexity index is 1070. The number of likely N-dealkylation sites (N-methyl/N-ethyl adjacent to an activating group) is 2. The molecule has 1 aromatic heterocycles. The van der Waals surface area contributed by atoms with E-state index in [1.807, 2.05) is 36.4 Å². The first-order valence-corrected chi connectivity index (χ1v) is 9.83. The third-order valence-corrected chi connectivity index (χ3v) is 5.52. The number of nitrogens with zero attached hydrogens (tertiary/aromatic N) is 3. The van der Waals surface area contributed by atoms with Crippen molar-refractivity contribution in [1.29, 1.82) is 0 Å². The lowest BCUT2D eigenvalue weighted by Gasteiger charge is -2.31. The molecule has 4 rings (SSSR count). The van der Waals surface area contributed by atoms with E-state index in [9.17, 15) is 9.59 Å². The van der Waals surface area contributed by atoms with E-state index in [1.165, 1.54) is 0 Å². The molecule has 1 N–H and O–H groups in total. The van der Waals surface area contributed by atoms with E-state index < -0.39 is 0 Å². The van der Waals surface area contributed by atoms with E-state index in [0.717, 1.165) is 35.2 Å². The summed E-state index contributed by atoms with van der Waals surface area (Å²) in [6, 6.07) is 15.4. The summed E-state index contributed by atoms with van der Waals surface area (Å²) in [5.74, 6) is -0.516. The maximum atomic E-state index is 13.1. The molecule has 1 aliphatic rings. The van der Waals surface area contributed by atoms with E-state index in [4.69, 9.17) is 0 Å². The maximum absolute atomic E-state index is 13.1. The van der Waals surface area contributed by atoms with Crippen molar-refractivity contribution in [2.24, 2.45) is 0 Å². The first-order chi connectivity index (χ1) is 13.9. The van der Waals surface area contributed by atoms with E-state index in [-0.39, 0.29) is 17.7 Å². The Labute approximate surface area is 170 Å². The number of nitrogens with one attached hydrogen (secondary N) is 1. The molecular weight excluding hydrogens is 364 g/mol. The monoisotopic (exact) mass is 390 g/mol. The summed E-state index contributed by atoms with van der Waals surface area (Å²) in [4.78, 5) is 29.3. The normalized spacial score (nSPS) is 16.3. The second-order valence-corrected chi connectivity index (χ2v) is 7.90. The summed E-state index contributed by atoms with van der Waals surface area (Å²) in [5.41, 5.74) is 3.27. The van der Waals surface area contributed by atoms with Gasteiger partial charge in [0.1, 0.15) is 0 Å². The summed E-state index contributed by atoms with van der Waals surface area (Å²) in [5, 5.41) is 4.21. The maximum Gasteiger partial charge on any atom is 0.253 e. The van der Waals surface area contributed by atoms with Gasteiger partial charge < -0.3 is 19.7 Å². The standard InChI is InChI=1S/C23H26N4O2/c1-25(2)12-13-27-11-10-16-8-9-17(14-21(16)27)24-22(28)20-15-26(3)23(29)19-7-5-4-6-18(19)20/h4-11,14,20H,12-13,15H2,1-3H3,(H,24,28). The minimum Gasteiger partial charge on any atom is -0.346 e. The summed E-state index contributed by atoms with van der Waals surface area (Å²) >= 11 is 0. The average molecular weight is 390 g/mol. The quantitative estimate of drug-likeness (QED) is 0.729. The molecule has 0 fully saturated rings. The topological polar surface area (TPSA) is 57.6 Å². The fourth-order valence-corrected chi connectivity index (χ4v) is 3.87. The van der Waals surface area contributed by atoms with Crippen LogP contribution >= 0.6 is 0 Å². The lowest BCUT2D eigenvalue weighted by atomic mass is 9.89. The van der Waals surface area contributed by atoms with E-state index in [1.54, 1.807) is 18.0 Å². The van der Waals surface area contributed by atoms with Gasteiger partial charge in [-0.2, -0.15) is 0 Å². The van der Waals surface area contributed by atoms with Gasteiger partial charge in [0.05, 0.1) is 11.4 Å². The number of hydrogen-bond donors (Lipinski definition) is 1. The Morgan fingerprint density at radius 1 is 1.17 bits per heavy atom. The van der Waals surface area contributed by atoms with Crippen LogP contribution in [0.15, 0.2) is 54.7 Å². The molecule has 2 amide bonds. The van der Waals surface area contributed by atoms with Crippen molar-refractivity contribution in [3.8, 4) is 0 Å². The van der Waals surface area contributed by atoms with Crippen LogP contribution in [-0.4, -0.2) is 60.4 Å². The smallest absolute Gasteiger partial charge is 0.253 e. The number of aromatic nitrogens is 1. The predicted molar refractivity (Wildman–Crippen MR) is 115 cm³/mol. The summed E-state index contributed by atoms with van der Waals surface area (Å²) in [6.07, 6.45) is 2.08. The second-order valence-electron chi connectivity index (χ2n) is 7.90. The lowest BCUT2D eigenvalue weighted by molar-refractivity contribution is -0.117. The van der Waals surface area contributed by atoms with Gasteiger partial charge in [-0.05, 0) is 49.3 Å². The molecule has 1 unspecified atom stereocenters. The van der Waals surface area contributed by atoms with Crippen molar-refractivity contribution in [2.45, 2.75) is 12.5 Å². The zero-order valence-electron chi connectivity index (χ0n) is 17.1. The molecule has 2 heterocycles.